The van der Waals surface area contributed by atoms with E-state index in [2.05, 4.69) is 27.6 Å². The minimum atomic E-state index is -4.55. The predicted molar refractivity (Wildman–Crippen MR) is 151 cm³/mol. The molecule has 1 aromatic heterocycles. The van der Waals surface area contributed by atoms with Crippen LogP contribution in [0.4, 0.5) is 18.9 Å². The fraction of sp³-hybridized carbons (Fsp3) is 0.100. The van der Waals surface area contributed by atoms with Gasteiger partial charge >= 0.3 is 6.18 Å². The molecule has 0 spiro atoms. The lowest BCUT2D eigenvalue weighted by Crippen LogP contribution is -2.13. The lowest BCUT2D eigenvalue weighted by molar-refractivity contribution is -0.137. The maximum atomic E-state index is 13.1. The second-order valence-corrected chi connectivity index (χ2v) is 10.2. The zero-order valence-corrected chi connectivity index (χ0v) is 22.5. The van der Waals surface area contributed by atoms with Crippen LogP contribution in [0.3, 0.4) is 0 Å². The minimum absolute atomic E-state index is 0.0172. The van der Waals surface area contributed by atoms with Gasteiger partial charge in [-0.15, -0.1) is 10.2 Å². The monoisotopic (exact) mass is 578 g/mol. The molecule has 5 aromatic rings. The molecule has 5 nitrogen and oxygen atoms in total. The normalized spacial score (nSPS) is 11.4. The Hall–Kier alpha value is -4.08. The first-order chi connectivity index (χ1) is 19.3. The van der Waals surface area contributed by atoms with E-state index in [-0.39, 0.29) is 10.7 Å². The molecule has 0 fully saturated rings. The third kappa shape index (κ3) is 6.55. The molecule has 0 unspecified atom stereocenters. The van der Waals surface area contributed by atoms with Gasteiger partial charge in [-0.3, -0.25) is 9.36 Å². The number of anilines is 1. The quantitative estimate of drug-likeness (QED) is 0.189. The van der Waals surface area contributed by atoms with Gasteiger partial charge in [-0.2, -0.15) is 13.2 Å². The summed E-state index contributed by atoms with van der Waals surface area (Å²) in [6.45, 7) is 0. The van der Waals surface area contributed by atoms with Crippen molar-refractivity contribution in [3.63, 3.8) is 0 Å². The number of nitrogens with zero attached hydrogens (tertiary/aromatic N) is 3. The highest BCUT2D eigenvalue weighted by molar-refractivity contribution is 7.98. The third-order valence-electron chi connectivity index (χ3n) is 6.05. The average Bonchev–Trinajstić information content (AvgIpc) is 3.36. The summed E-state index contributed by atoms with van der Waals surface area (Å²) in [5.41, 5.74) is 2.32. The van der Waals surface area contributed by atoms with Crippen LogP contribution in [0.5, 0.6) is 0 Å². The number of hydrogen-bond donors (Lipinski definition) is 1. The van der Waals surface area contributed by atoms with Crippen molar-refractivity contribution >= 4 is 35.0 Å². The molecule has 0 aliphatic rings. The first-order valence-corrected chi connectivity index (χ1v) is 13.6. The lowest BCUT2D eigenvalue weighted by Gasteiger charge is -2.12. The van der Waals surface area contributed by atoms with Crippen LogP contribution in [0.1, 0.15) is 32.9 Å². The Labute approximate surface area is 238 Å². The fourth-order valence-electron chi connectivity index (χ4n) is 4.02. The van der Waals surface area contributed by atoms with E-state index >= 15 is 0 Å². The maximum absolute atomic E-state index is 13.1. The number of thioether (sulfide) groups is 1. The Morgan fingerprint density at radius 2 is 1.52 bits per heavy atom. The second kappa shape index (κ2) is 12.0. The Balaban J connectivity index is 1.29. The maximum Gasteiger partial charge on any atom is 0.416 e. The molecule has 0 saturated heterocycles. The summed E-state index contributed by atoms with van der Waals surface area (Å²) in [4.78, 5) is 12.7. The number of aromatic nitrogens is 3. The highest BCUT2D eigenvalue weighted by Crippen LogP contribution is 2.34. The van der Waals surface area contributed by atoms with E-state index in [0.717, 1.165) is 46.0 Å². The molecule has 40 heavy (non-hydrogen) atoms. The summed E-state index contributed by atoms with van der Waals surface area (Å²) in [5.74, 6) is 0.826. The van der Waals surface area contributed by atoms with Crippen molar-refractivity contribution in [3.8, 4) is 5.69 Å². The summed E-state index contributed by atoms with van der Waals surface area (Å²) in [5, 5.41) is 12.1. The van der Waals surface area contributed by atoms with Gasteiger partial charge in [0.15, 0.2) is 5.16 Å². The molecule has 0 aliphatic carbocycles. The van der Waals surface area contributed by atoms with Gasteiger partial charge in [-0.1, -0.05) is 84.0 Å². The number of alkyl halides is 3. The standard InChI is InChI=1S/C30H22ClF3N4OS/c31-25-16-15-23(30(32,33)34)18-26(25)35-28(39)22-13-11-21(12-14-22)19-40-29-37-36-27(17-20-7-3-1-4-8-20)38(29)24-9-5-2-6-10-24/h1-16,18H,17,19H2,(H,35,39). The molecular formula is C30H22ClF3N4OS. The van der Waals surface area contributed by atoms with Crippen LogP contribution < -0.4 is 5.32 Å². The number of carbonyl (C=O) groups is 1. The number of nitrogens with one attached hydrogen (secondary N) is 1. The number of amides is 1. The van der Waals surface area contributed by atoms with Crippen LogP contribution in [-0.4, -0.2) is 20.7 Å². The Morgan fingerprint density at radius 1 is 0.850 bits per heavy atom. The van der Waals surface area contributed by atoms with E-state index in [1.54, 1.807) is 24.3 Å². The highest BCUT2D eigenvalue weighted by Gasteiger charge is 2.31. The molecule has 4 aromatic carbocycles. The number of carbonyl (C=O) groups excluding carboxylic acids is 1. The van der Waals surface area contributed by atoms with Gasteiger partial charge in [-0.05, 0) is 53.6 Å². The Kier molecular flexibility index (Phi) is 8.23. The number of rotatable bonds is 8. The SMILES string of the molecule is O=C(Nc1cc(C(F)(F)F)ccc1Cl)c1ccc(CSc2nnc(Cc3ccccc3)n2-c2ccccc2)cc1. The Bertz CT molecular complexity index is 1610. The smallest absolute Gasteiger partial charge is 0.321 e. The zero-order chi connectivity index (χ0) is 28.1. The third-order valence-corrected chi connectivity index (χ3v) is 7.38. The molecule has 0 atom stereocenters. The molecule has 1 N–H and O–H groups in total. The van der Waals surface area contributed by atoms with E-state index in [1.807, 2.05) is 53.1 Å². The largest absolute Gasteiger partial charge is 0.416 e. The fourth-order valence-corrected chi connectivity index (χ4v) is 5.11. The van der Waals surface area contributed by atoms with Crippen LogP contribution in [0.2, 0.25) is 5.02 Å². The molecule has 0 radical (unpaired) electrons. The first kappa shape index (κ1) is 27.5. The molecule has 202 valence electrons. The number of hydrogen-bond acceptors (Lipinski definition) is 4. The summed E-state index contributed by atoms with van der Waals surface area (Å²) in [7, 11) is 0. The molecule has 1 amide bonds. The highest BCUT2D eigenvalue weighted by atomic mass is 35.5. The van der Waals surface area contributed by atoms with Crippen molar-refractivity contribution in [2.24, 2.45) is 0 Å². The molecule has 10 heteroatoms. The van der Waals surface area contributed by atoms with Crippen molar-refractivity contribution in [2.75, 3.05) is 5.32 Å². The predicted octanol–water partition coefficient (Wildman–Crippen LogP) is 8.07. The number of para-hydroxylation sites is 1. The van der Waals surface area contributed by atoms with E-state index in [9.17, 15) is 18.0 Å². The molecule has 0 bridgehead atoms. The van der Waals surface area contributed by atoms with Crippen molar-refractivity contribution in [2.45, 2.75) is 23.5 Å². The van der Waals surface area contributed by atoms with Crippen molar-refractivity contribution < 1.29 is 18.0 Å². The van der Waals surface area contributed by atoms with Crippen LogP contribution in [0, 0.1) is 0 Å². The number of halogens is 4. The van der Waals surface area contributed by atoms with Crippen LogP contribution >= 0.6 is 23.4 Å². The van der Waals surface area contributed by atoms with E-state index in [1.165, 1.54) is 11.8 Å². The van der Waals surface area contributed by atoms with Gasteiger partial charge in [0.1, 0.15) is 5.82 Å². The van der Waals surface area contributed by atoms with Gasteiger partial charge in [0.25, 0.3) is 5.91 Å². The summed E-state index contributed by atoms with van der Waals surface area (Å²) in [6, 6.07) is 29.6. The Morgan fingerprint density at radius 3 is 2.20 bits per heavy atom. The summed E-state index contributed by atoms with van der Waals surface area (Å²) >= 11 is 7.52. The van der Waals surface area contributed by atoms with Crippen LogP contribution in [-0.2, 0) is 18.3 Å². The molecule has 1 heterocycles. The molecule has 0 aliphatic heterocycles. The van der Waals surface area contributed by atoms with Gasteiger partial charge in [-0.25, -0.2) is 0 Å². The first-order valence-electron chi connectivity index (χ1n) is 12.2. The average molecular weight is 579 g/mol. The lowest BCUT2D eigenvalue weighted by atomic mass is 10.1. The van der Waals surface area contributed by atoms with E-state index in [4.69, 9.17) is 11.6 Å². The van der Waals surface area contributed by atoms with Crippen molar-refractivity contribution in [3.05, 3.63) is 136 Å². The van der Waals surface area contributed by atoms with Gasteiger partial charge < -0.3 is 5.32 Å². The number of benzene rings is 4. The summed E-state index contributed by atoms with van der Waals surface area (Å²) < 4.78 is 41.2. The van der Waals surface area contributed by atoms with E-state index in [0.29, 0.717) is 17.7 Å². The van der Waals surface area contributed by atoms with Gasteiger partial charge in [0.2, 0.25) is 0 Å². The summed E-state index contributed by atoms with van der Waals surface area (Å²) in [6.07, 6.45) is -3.92. The minimum Gasteiger partial charge on any atom is -0.321 e. The van der Waals surface area contributed by atoms with Crippen molar-refractivity contribution in [1.29, 1.82) is 0 Å². The molecule has 0 saturated carbocycles. The van der Waals surface area contributed by atoms with E-state index < -0.39 is 17.6 Å². The van der Waals surface area contributed by atoms with Crippen LogP contribution in [0.15, 0.2) is 108 Å². The molecular weight excluding hydrogens is 557 g/mol. The second-order valence-electron chi connectivity index (χ2n) is 8.86. The van der Waals surface area contributed by atoms with Crippen molar-refractivity contribution in [1.82, 2.24) is 14.8 Å². The molecule has 5 rings (SSSR count). The van der Waals surface area contributed by atoms with Gasteiger partial charge in [0.05, 0.1) is 16.3 Å². The zero-order valence-electron chi connectivity index (χ0n) is 20.9. The topological polar surface area (TPSA) is 59.8 Å². The van der Waals surface area contributed by atoms with Gasteiger partial charge in [0, 0.05) is 23.4 Å². The van der Waals surface area contributed by atoms with Crippen LogP contribution in [0.25, 0.3) is 5.69 Å².